The predicted molar refractivity (Wildman–Crippen MR) is 64.4 cm³/mol. The van der Waals surface area contributed by atoms with Gasteiger partial charge in [0.05, 0.1) is 5.41 Å². The van der Waals surface area contributed by atoms with Crippen molar-refractivity contribution >= 4 is 28.6 Å². The summed E-state index contributed by atoms with van der Waals surface area (Å²) >= 11 is 1.88. The van der Waals surface area contributed by atoms with Crippen molar-refractivity contribution in [3.8, 4) is 0 Å². The van der Waals surface area contributed by atoms with Crippen LogP contribution in [0.15, 0.2) is 18.2 Å². The molecular formula is C11H12FIO2. The van der Waals surface area contributed by atoms with Crippen LogP contribution in [0, 0.1) is 9.39 Å². The molecule has 1 aromatic rings. The summed E-state index contributed by atoms with van der Waals surface area (Å²) in [6.07, 6.45) is 0.433. The first-order valence-corrected chi connectivity index (χ1v) is 5.68. The van der Waals surface area contributed by atoms with Crippen LogP contribution in [0.1, 0.15) is 25.8 Å². The third-order valence-electron chi connectivity index (χ3n) is 2.74. The lowest BCUT2D eigenvalue weighted by Gasteiger charge is -2.23. The van der Waals surface area contributed by atoms with Crippen LogP contribution in [0.3, 0.4) is 0 Å². The lowest BCUT2D eigenvalue weighted by atomic mass is 9.80. The van der Waals surface area contributed by atoms with Gasteiger partial charge in [0.25, 0.3) is 0 Å². The first-order chi connectivity index (χ1) is 6.91. The molecule has 0 saturated heterocycles. The number of aliphatic carboxylic acids is 1. The fraction of sp³-hybridized carbons (Fsp3) is 0.364. The van der Waals surface area contributed by atoms with Gasteiger partial charge in [-0.3, -0.25) is 4.79 Å². The Hall–Kier alpha value is -0.650. The first-order valence-electron chi connectivity index (χ1n) is 4.60. The van der Waals surface area contributed by atoms with Crippen molar-refractivity contribution in [2.24, 2.45) is 0 Å². The molecule has 1 aromatic carbocycles. The van der Waals surface area contributed by atoms with E-state index in [2.05, 4.69) is 0 Å². The minimum atomic E-state index is -1.01. The average molecular weight is 322 g/mol. The molecule has 0 aliphatic heterocycles. The molecule has 0 radical (unpaired) electrons. The minimum absolute atomic E-state index is 0.367. The Morgan fingerprint density at radius 1 is 1.60 bits per heavy atom. The second kappa shape index (κ2) is 4.47. The highest BCUT2D eigenvalue weighted by Gasteiger charge is 2.33. The maximum Gasteiger partial charge on any atom is 0.313 e. The maximum absolute atomic E-state index is 13.3. The van der Waals surface area contributed by atoms with Gasteiger partial charge >= 0.3 is 5.97 Å². The van der Waals surface area contributed by atoms with Crippen molar-refractivity contribution in [3.05, 3.63) is 33.1 Å². The van der Waals surface area contributed by atoms with Crippen LogP contribution in [0.25, 0.3) is 0 Å². The summed E-state index contributed by atoms with van der Waals surface area (Å²) in [4.78, 5) is 11.1. The quantitative estimate of drug-likeness (QED) is 0.868. The van der Waals surface area contributed by atoms with E-state index >= 15 is 0 Å². The van der Waals surface area contributed by atoms with Gasteiger partial charge in [0.1, 0.15) is 5.82 Å². The summed E-state index contributed by atoms with van der Waals surface area (Å²) in [5, 5.41) is 9.12. The van der Waals surface area contributed by atoms with E-state index < -0.39 is 11.4 Å². The van der Waals surface area contributed by atoms with E-state index in [-0.39, 0.29) is 5.82 Å². The molecule has 1 atom stereocenters. The van der Waals surface area contributed by atoms with Gasteiger partial charge in [-0.1, -0.05) is 13.0 Å². The first kappa shape index (κ1) is 12.4. The Morgan fingerprint density at radius 2 is 2.20 bits per heavy atom. The molecule has 0 heterocycles. The summed E-state index contributed by atoms with van der Waals surface area (Å²) in [5.74, 6) is -1.29. The van der Waals surface area contributed by atoms with E-state index in [1.54, 1.807) is 26.0 Å². The highest BCUT2D eigenvalue weighted by atomic mass is 127. The molecule has 0 aromatic heterocycles. The highest BCUT2D eigenvalue weighted by Crippen LogP contribution is 2.29. The van der Waals surface area contributed by atoms with Crippen LogP contribution in [-0.4, -0.2) is 11.1 Å². The molecule has 2 nitrogen and oxygen atoms in total. The average Bonchev–Trinajstić information content (AvgIpc) is 2.20. The number of benzene rings is 1. The molecule has 1 N–H and O–H groups in total. The summed E-state index contributed by atoms with van der Waals surface area (Å²) < 4.78 is 13.8. The smallest absolute Gasteiger partial charge is 0.313 e. The number of hydrogen-bond acceptors (Lipinski definition) is 1. The Morgan fingerprint density at radius 3 is 2.60 bits per heavy atom. The molecule has 15 heavy (non-hydrogen) atoms. The topological polar surface area (TPSA) is 37.3 Å². The summed E-state index contributed by atoms with van der Waals surface area (Å²) in [7, 11) is 0. The van der Waals surface area contributed by atoms with Crippen LogP contribution in [-0.2, 0) is 10.2 Å². The molecule has 1 rings (SSSR count). The van der Waals surface area contributed by atoms with E-state index in [9.17, 15) is 9.18 Å². The van der Waals surface area contributed by atoms with E-state index in [1.807, 2.05) is 22.6 Å². The lowest BCUT2D eigenvalue weighted by Crippen LogP contribution is -2.31. The summed E-state index contributed by atoms with van der Waals surface area (Å²) in [6.45, 7) is 3.39. The fourth-order valence-electron chi connectivity index (χ4n) is 1.32. The van der Waals surface area contributed by atoms with Crippen LogP contribution in [0.4, 0.5) is 4.39 Å². The zero-order valence-electron chi connectivity index (χ0n) is 8.55. The molecule has 0 amide bonds. The minimum Gasteiger partial charge on any atom is -0.481 e. The third kappa shape index (κ3) is 2.30. The van der Waals surface area contributed by atoms with Gasteiger partial charge in [-0.2, -0.15) is 0 Å². The highest BCUT2D eigenvalue weighted by molar-refractivity contribution is 14.1. The third-order valence-corrected chi connectivity index (χ3v) is 3.61. The van der Waals surface area contributed by atoms with Crippen molar-refractivity contribution < 1.29 is 14.3 Å². The number of hydrogen-bond donors (Lipinski definition) is 1. The van der Waals surface area contributed by atoms with Crippen LogP contribution in [0.2, 0.25) is 0 Å². The lowest BCUT2D eigenvalue weighted by molar-refractivity contribution is -0.143. The summed E-state index contributed by atoms with van der Waals surface area (Å²) in [5.41, 5.74) is -0.499. The predicted octanol–water partition coefficient (Wildman–Crippen LogP) is 3.18. The number of carboxylic acid groups (broad SMARTS) is 1. The molecule has 0 spiro atoms. The zero-order chi connectivity index (χ0) is 11.6. The van der Waals surface area contributed by atoms with Crippen molar-refractivity contribution in [1.29, 1.82) is 0 Å². The normalized spacial score (nSPS) is 14.7. The Labute approximate surface area is 102 Å². The molecule has 0 fully saturated rings. The van der Waals surface area contributed by atoms with Crippen LogP contribution >= 0.6 is 22.6 Å². The van der Waals surface area contributed by atoms with E-state index in [0.29, 0.717) is 15.6 Å². The van der Waals surface area contributed by atoms with Gasteiger partial charge in [-0.15, -0.1) is 0 Å². The molecule has 82 valence electrons. The van der Waals surface area contributed by atoms with Gasteiger partial charge in [0.15, 0.2) is 0 Å². The second-order valence-electron chi connectivity index (χ2n) is 3.62. The zero-order valence-corrected chi connectivity index (χ0v) is 10.7. The van der Waals surface area contributed by atoms with Crippen LogP contribution in [0.5, 0.6) is 0 Å². The Kier molecular flexibility index (Phi) is 3.70. The van der Waals surface area contributed by atoms with Crippen molar-refractivity contribution in [2.75, 3.05) is 0 Å². The molecule has 0 aliphatic rings. The maximum atomic E-state index is 13.3. The van der Waals surface area contributed by atoms with E-state index in [0.717, 1.165) is 0 Å². The number of rotatable bonds is 3. The number of carbonyl (C=O) groups is 1. The van der Waals surface area contributed by atoms with Gasteiger partial charge in [0, 0.05) is 3.57 Å². The Bertz CT molecular complexity index is 392. The molecule has 0 aliphatic carbocycles. The monoisotopic (exact) mass is 322 g/mol. The molecule has 1 unspecified atom stereocenters. The van der Waals surface area contributed by atoms with Crippen molar-refractivity contribution in [3.63, 3.8) is 0 Å². The summed E-state index contributed by atoms with van der Waals surface area (Å²) in [6, 6.07) is 4.57. The molecule has 4 heteroatoms. The van der Waals surface area contributed by atoms with Crippen molar-refractivity contribution in [1.82, 2.24) is 0 Å². The van der Waals surface area contributed by atoms with Gasteiger partial charge in [0.2, 0.25) is 0 Å². The van der Waals surface area contributed by atoms with E-state index in [1.165, 1.54) is 6.07 Å². The van der Waals surface area contributed by atoms with Gasteiger partial charge < -0.3 is 5.11 Å². The fourth-order valence-corrected chi connectivity index (χ4v) is 1.65. The SMILES string of the molecule is CCC(C)(C(=O)O)c1ccc(I)c(F)c1. The van der Waals surface area contributed by atoms with Crippen LogP contribution < -0.4 is 0 Å². The van der Waals surface area contributed by atoms with Gasteiger partial charge in [-0.05, 0) is 53.6 Å². The number of carboxylic acids is 1. The largest absolute Gasteiger partial charge is 0.481 e. The van der Waals surface area contributed by atoms with E-state index in [4.69, 9.17) is 5.11 Å². The standard InChI is InChI=1S/C11H12FIO2/c1-3-11(2,10(14)15)7-4-5-9(13)8(12)6-7/h4-6H,3H2,1-2H3,(H,14,15). The Balaban J connectivity index is 3.25. The second-order valence-corrected chi connectivity index (χ2v) is 4.78. The van der Waals surface area contributed by atoms with Gasteiger partial charge in [-0.25, -0.2) is 4.39 Å². The molecular weight excluding hydrogens is 310 g/mol. The molecule has 0 bridgehead atoms. The number of halogens is 2. The molecule has 0 saturated carbocycles. The van der Waals surface area contributed by atoms with Crippen molar-refractivity contribution in [2.45, 2.75) is 25.7 Å².